The standard InChI is InChI=1S/C15H21NO3/c1-9-10(2)19-11(3)14(9)15(18)16-8-12-4-6-13(17)7-5-12/h4-7,9-11,14,17H,8H2,1-3H3,(H,16,18). The van der Waals surface area contributed by atoms with E-state index in [1.807, 2.05) is 13.8 Å². The van der Waals surface area contributed by atoms with E-state index in [0.717, 1.165) is 5.56 Å². The molecule has 0 radical (unpaired) electrons. The number of phenols is 1. The summed E-state index contributed by atoms with van der Waals surface area (Å²) in [6.07, 6.45) is 0.0873. The molecule has 19 heavy (non-hydrogen) atoms. The summed E-state index contributed by atoms with van der Waals surface area (Å²) >= 11 is 0. The smallest absolute Gasteiger partial charge is 0.226 e. The Morgan fingerprint density at radius 2 is 1.84 bits per heavy atom. The molecule has 1 aliphatic heterocycles. The van der Waals surface area contributed by atoms with E-state index in [1.54, 1.807) is 24.3 Å². The van der Waals surface area contributed by atoms with Crippen molar-refractivity contribution in [2.24, 2.45) is 11.8 Å². The van der Waals surface area contributed by atoms with Crippen LogP contribution in [0.15, 0.2) is 24.3 Å². The van der Waals surface area contributed by atoms with Crippen LogP contribution in [0.2, 0.25) is 0 Å². The van der Waals surface area contributed by atoms with Crippen LogP contribution in [0.1, 0.15) is 26.3 Å². The van der Waals surface area contributed by atoms with Gasteiger partial charge in [0.2, 0.25) is 5.91 Å². The van der Waals surface area contributed by atoms with Crippen LogP contribution in [0, 0.1) is 11.8 Å². The quantitative estimate of drug-likeness (QED) is 0.877. The lowest BCUT2D eigenvalue weighted by Gasteiger charge is -2.18. The molecule has 0 saturated carbocycles. The molecule has 4 nitrogen and oxygen atoms in total. The Morgan fingerprint density at radius 1 is 1.21 bits per heavy atom. The highest BCUT2D eigenvalue weighted by molar-refractivity contribution is 5.79. The molecule has 4 heteroatoms. The Balaban J connectivity index is 1.92. The van der Waals surface area contributed by atoms with Gasteiger partial charge in [-0.3, -0.25) is 4.79 Å². The summed E-state index contributed by atoms with van der Waals surface area (Å²) in [4.78, 5) is 12.2. The van der Waals surface area contributed by atoms with Crippen molar-refractivity contribution in [1.29, 1.82) is 0 Å². The van der Waals surface area contributed by atoms with Gasteiger partial charge in [0.15, 0.2) is 0 Å². The summed E-state index contributed by atoms with van der Waals surface area (Å²) in [5.41, 5.74) is 0.971. The number of rotatable bonds is 3. The zero-order valence-corrected chi connectivity index (χ0v) is 11.6. The van der Waals surface area contributed by atoms with Gasteiger partial charge in [-0.05, 0) is 37.5 Å². The fourth-order valence-corrected chi connectivity index (χ4v) is 2.64. The summed E-state index contributed by atoms with van der Waals surface area (Å²) in [6.45, 7) is 6.49. The SMILES string of the molecule is CC1OC(C)C(C(=O)NCc2ccc(O)cc2)C1C. The minimum Gasteiger partial charge on any atom is -0.508 e. The van der Waals surface area contributed by atoms with Gasteiger partial charge >= 0.3 is 0 Å². The second kappa shape index (κ2) is 5.61. The lowest BCUT2D eigenvalue weighted by molar-refractivity contribution is -0.127. The molecular formula is C15H21NO3. The van der Waals surface area contributed by atoms with E-state index in [9.17, 15) is 9.90 Å². The number of ether oxygens (including phenoxy) is 1. The molecule has 4 atom stereocenters. The van der Waals surface area contributed by atoms with Crippen molar-refractivity contribution in [3.8, 4) is 5.75 Å². The second-order valence-corrected chi connectivity index (χ2v) is 5.32. The lowest BCUT2D eigenvalue weighted by atomic mass is 9.89. The molecule has 1 saturated heterocycles. The van der Waals surface area contributed by atoms with Gasteiger partial charge in [-0.2, -0.15) is 0 Å². The minimum atomic E-state index is -0.0906. The first-order chi connectivity index (χ1) is 8.99. The van der Waals surface area contributed by atoms with Crippen molar-refractivity contribution >= 4 is 5.91 Å². The molecule has 0 bridgehead atoms. The molecule has 1 amide bonds. The van der Waals surface area contributed by atoms with E-state index in [1.165, 1.54) is 0 Å². The van der Waals surface area contributed by atoms with Crippen LogP contribution < -0.4 is 5.32 Å². The van der Waals surface area contributed by atoms with Crippen molar-refractivity contribution in [3.63, 3.8) is 0 Å². The highest BCUT2D eigenvalue weighted by atomic mass is 16.5. The van der Waals surface area contributed by atoms with Crippen molar-refractivity contribution in [2.45, 2.75) is 39.5 Å². The van der Waals surface area contributed by atoms with Gasteiger partial charge in [0.25, 0.3) is 0 Å². The Kier molecular flexibility index (Phi) is 4.10. The van der Waals surface area contributed by atoms with Crippen LogP contribution in [0.25, 0.3) is 0 Å². The normalized spacial score (nSPS) is 30.3. The second-order valence-electron chi connectivity index (χ2n) is 5.32. The van der Waals surface area contributed by atoms with Crippen LogP contribution in [0.5, 0.6) is 5.75 Å². The van der Waals surface area contributed by atoms with E-state index in [0.29, 0.717) is 6.54 Å². The van der Waals surface area contributed by atoms with Crippen molar-refractivity contribution in [2.75, 3.05) is 0 Å². The molecule has 104 valence electrons. The number of aromatic hydroxyl groups is 1. The molecule has 0 aliphatic carbocycles. The Bertz CT molecular complexity index is 443. The summed E-state index contributed by atoms with van der Waals surface area (Å²) in [5.74, 6) is 0.412. The van der Waals surface area contributed by atoms with Crippen LogP contribution in [-0.2, 0) is 16.1 Å². The van der Waals surface area contributed by atoms with Crippen molar-refractivity contribution in [1.82, 2.24) is 5.32 Å². The molecule has 4 unspecified atom stereocenters. The number of carbonyl (C=O) groups is 1. The number of hydrogen-bond acceptors (Lipinski definition) is 3. The van der Waals surface area contributed by atoms with Gasteiger partial charge in [0, 0.05) is 6.54 Å². The molecule has 1 heterocycles. The highest BCUT2D eigenvalue weighted by Crippen LogP contribution is 2.32. The first-order valence-electron chi connectivity index (χ1n) is 6.70. The number of amides is 1. The number of phenolic OH excluding ortho intramolecular Hbond substituents is 1. The summed E-state index contributed by atoms with van der Waals surface area (Å²) in [6, 6.07) is 6.84. The fraction of sp³-hybridized carbons (Fsp3) is 0.533. The highest BCUT2D eigenvalue weighted by Gasteiger charge is 2.41. The van der Waals surface area contributed by atoms with E-state index >= 15 is 0 Å². The molecule has 1 aliphatic rings. The zero-order chi connectivity index (χ0) is 14.0. The maximum atomic E-state index is 12.2. The van der Waals surface area contributed by atoms with Crippen LogP contribution in [0.3, 0.4) is 0 Å². The third-order valence-electron chi connectivity index (χ3n) is 3.95. The van der Waals surface area contributed by atoms with Gasteiger partial charge in [0.05, 0.1) is 18.1 Å². The Labute approximate surface area is 113 Å². The molecule has 2 N–H and O–H groups in total. The van der Waals surface area contributed by atoms with Crippen molar-refractivity contribution in [3.05, 3.63) is 29.8 Å². The molecular weight excluding hydrogens is 242 g/mol. The number of benzene rings is 1. The zero-order valence-electron chi connectivity index (χ0n) is 11.6. The minimum absolute atomic E-state index is 0.0372. The first kappa shape index (κ1) is 13.9. The van der Waals surface area contributed by atoms with Gasteiger partial charge in [0.1, 0.15) is 5.75 Å². The van der Waals surface area contributed by atoms with E-state index in [2.05, 4.69) is 12.2 Å². The summed E-state index contributed by atoms with van der Waals surface area (Å²) in [5, 5.41) is 12.1. The van der Waals surface area contributed by atoms with Gasteiger partial charge in [-0.15, -0.1) is 0 Å². The van der Waals surface area contributed by atoms with Crippen LogP contribution >= 0.6 is 0 Å². The molecule has 1 fully saturated rings. The maximum Gasteiger partial charge on any atom is 0.226 e. The average molecular weight is 263 g/mol. The predicted molar refractivity (Wildman–Crippen MR) is 72.6 cm³/mol. The molecule has 1 aromatic carbocycles. The van der Waals surface area contributed by atoms with Crippen LogP contribution in [0.4, 0.5) is 0 Å². The Morgan fingerprint density at radius 3 is 2.37 bits per heavy atom. The molecule has 2 rings (SSSR count). The fourth-order valence-electron chi connectivity index (χ4n) is 2.64. The largest absolute Gasteiger partial charge is 0.508 e. The summed E-state index contributed by atoms with van der Waals surface area (Å²) in [7, 11) is 0. The number of hydrogen-bond donors (Lipinski definition) is 2. The third kappa shape index (κ3) is 3.07. The van der Waals surface area contributed by atoms with Gasteiger partial charge in [-0.25, -0.2) is 0 Å². The molecule has 0 spiro atoms. The monoisotopic (exact) mass is 263 g/mol. The van der Waals surface area contributed by atoms with E-state index in [-0.39, 0.29) is 35.7 Å². The number of carbonyl (C=O) groups excluding carboxylic acids is 1. The molecule has 1 aromatic rings. The first-order valence-corrected chi connectivity index (χ1v) is 6.70. The van der Waals surface area contributed by atoms with E-state index in [4.69, 9.17) is 4.74 Å². The van der Waals surface area contributed by atoms with E-state index < -0.39 is 0 Å². The maximum absolute atomic E-state index is 12.2. The van der Waals surface area contributed by atoms with Gasteiger partial charge in [-0.1, -0.05) is 19.1 Å². The summed E-state index contributed by atoms with van der Waals surface area (Å²) < 4.78 is 5.68. The lowest BCUT2D eigenvalue weighted by Crippen LogP contribution is -2.36. The molecule has 0 aromatic heterocycles. The predicted octanol–water partition coefficient (Wildman–Crippen LogP) is 2.07. The number of nitrogens with one attached hydrogen (secondary N) is 1. The Hall–Kier alpha value is -1.55. The third-order valence-corrected chi connectivity index (χ3v) is 3.95. The van der Waals surface area contributed by atoms with Crippen molar-refractivity contribution < 1.29 is 14.6 Å². The average Bonchev–Trinajstić information content (AvgIpc) is 2.62. The topological polar surface area (TPSA) is 58.6 Å². The van der Waals surface area contributed by atoms with Gasteiger partial charge < -0.3 is 15.2 Å². The van der Waals surface area contributed by atoms with Crippen LogP contribution in [-0.4, -0.2) is 23.2 Å².